The van der Waals surface area contributed by atoms with Crippen LogP contribution in [0.3, 0.4) is 0 Å². The highest BCUT2D eigenvalue weighted by Gasteiger charge is 2.38. The largest absolute Gasteiger partial charge is 0.497 e. The summed E-state index contributed by atoms with van der Waals surface area (Å²) in [6, 6.07) is 11.4. The molecule has 2 aromatic carbocycles. The van der Waals surface area contributed by atoms with Crippen molar-refractivity contribution in [1.29, 1.82) is 0 Å². The van der Waals surface area contributed by atoms with Gasteiger partial charge in [0.05, 0.1) is 20.3 Å². The van der Waals surface area contributed by atoms with Gasteiger partial charge in [-0.05, 0) is 43.3 Å². The van der Waals surface area contributed by atoms with Crippen LogP contribution in [0.15, 0.2) is 47.4 Å². The van der Waals surface area contributed by atoms with E-state index >= 15 is 0 Å². The first kappa shape index (κ1) is 26.5. The lowest BCUT2D eigenvalue weighted by Gasteiger charge is -2.37. The molecule has 2 aromatic rings. The van der Waals surface area contributed by atoms with Gasteiger partial charge >= 0.3 is 0 Å². The number of methoxy groups -OCH3 is 1. The highest BCUT2D eigenvalue weighted by atomic mass is 32.2. The zero-order valence-electron chi connectivity index (χ0n) is 20.7. The molecule has 3 rings (SSSR count). The molecule has 3 atom stereocenters. The van der Waals surface area contributed by atoms with Gasteiger partial charge in [-0.2, -0.15) is 4.31 Å². The zero-order valence-corrected chi connectivity index (χ0v) is 21.5. The number of aliphatic hydroxyl groups is 1. The van der Waals surface area contributed by atoms with Crippen molar-refractivity contribution in [2.75, 3.05) is 33.9 Å². The third-order valence-electron chi connectivity index (χ3n) is 6.08. The number of carbonyl (C=O) groups is 1. The van der Waals surface area contributed by atoms with E-state index in [2.05, 4.69) is 11.8 Å². The van der Waals surface area contributed by atoms with Crippen molar-refractivity contribution in [1.82, 2.24) is 9.21 Å². The summed E-state index contributed by atoms with van der Waals surface area (Å²) in [5.41, 5.74) is 1.33. The predicted molar refractivity (Wildman–Crippen MR) is 133 cm³/mol. The van der Waals surface area contributed by atoms with Crippen molar-refractivity contribution in [3.8, 4) is 23.3 Å². The maximum atomic E-state index is 13.5. The van der Waals surface area contributed by atoms with Crippen molar-refractivity contribution in [3.05, 3.63) is 53.6 Å². The Morgan fingerprint density at radius 1 is 1.26 bits per heavy atom. The first-order valence-corrected chi connectivity index (χ1v) is 12.8. The lowest BCUT2D eigenvalue weighted by atomic mass is 10.0. The molecule has 0 aromatic heterocycles. The van der Waals surface area contributed by atoms with E-state index < -0.39 is 22.2 Å². The van der Waals surface area contributed by atoms with Crippen LogP contribution >= 0.6 is 0 Å². The summed E-state index contributed by atoms with van der Waals surface area (Å²) in [6.07, 6.45) is -0.465. The molecule has 0 aliphatic carbocycles. The molecule has 8 nitrogen and oxygen atoms in total. The second-order valence-corrected chi connectivity index (χ2v) is 10.6. The molecule has 1 amide bonds. The molecular formula is C26H32N2O6S. The molecule has 35 heavy (non-hydrogen) atoms. The SMILES string of the molecule is COc1cccc(C#Cc2ccc3c(c2)O[C@H](CN(C)C(C)=O)[C@H](C)CN([C@H](C)CO)S3(=O)=O)c1. The van der Waals surface area contributed by atoms with E-state index in [-0.39, 0.29) is 42.2 Å². The van der Waals surface area contributed by atoms with Crippen molar-refractivity contribution in [2.24, 2.45) is 5.92 Å². The summed E-state index contributed by atoms with van der Waals surface area (Å²) < 4.78 is 39.9. The van der Waals surface area contributed by atoms with Crippen LogP contribution in [0.2, 0.25) is 0 Å². The fourth-order valence-electron chi connectivity index (χ4n) is 3.76. The lowest BCUT2D eigenvalue weighted by Crippen LogP contribution is -2.50. The topological polar surface area (TPSA) is 96.4 Å². The Bertz CT molecular complexity index is 1230. The van der Waals surface area contributed by atoms with Crippen LogP contribution in [0.25, 0.3) is 0 Å². The standard InChI is InChI=1S/C26H32N2O6S/c1-18-15-28(19(2)17-29)35(31,32)26-12-11-22(10-9-21-7-6-8-23(13-21)33-5)14-24(26)34-25(18)16-27(4)20(3)30/h6-8,11-14,18-19,25,29H,15-17H2,1-5H3/t18-,19-,25-/m1/s1. The van der Waals surface area contributed by atoms with E-state index in [0.29, 0.717) is 11.3 Å². The summed E-state index contributed by atoms with van der Waals surface area (Å²) in [6.45, 7) is 5.14. The number of fused-ring (bicyclic) bond motifs is 1. The maximum Gasteiger partial charge on any atom is 0.247 e. The second kappa shape index (κ2) is 11.1. The summed E-state index contributed by atoms with van der Waals surface area (Å²) in [5, 5.41) is 9.74. The number of sulfonamides is 1. The van der Waals surface area contributed by atoms with Gasteiger partial charge in [0.15, 0.2) is 0 Å². The molecule has 0 saturated heterocycles. The van der Waals surface area contributed by atoms with Gasteiger partial charge in [0.25, 0.3) is 0 Å². The summed E-state index contributed by atoms with van der Waals surface area (Å²) >= 11 is 0. The van der Waals surface area contributed by atoms with Gasteiger partial charge in [-0.1, -0.05) is 24.8 Å². The van der Waals surface area contributed by atoms with Crippen molar-refractivity contribution in [2.45, 2.75) is 37.8 Å². The minimum Gasteiger partial charge on any atom is -0.497 e. The van der Waals surface area contributed by atoms with Gasteiger partial charge in [0.2, 0.25) is 15.9 Å². The summed E-state index contributed by atoms with van der Waals surface area (Å²) in [7, 11) is -0.681. The number of aliphatic hydroxyl groups excluding tert-OH is 1. The Morgan fingerprint density at radius 2 is 1.94 bits per heavy atom. The molecule has 188 valence electrons. The molecular weight excluding hydrogens is 468 g/mol. The molecule has 0 saturated carbocycles. The van der Waals surface area contributed by atoms with Gasteiger partial charge in [-0.3, -0.25) is 4.79 Å². The molecule has 1 aliphatic rings. The smallest absolute Gasteiger partial charge is 0.247 e. The predicted octanol–water partition coefficient (Wildman–Crippen LogP) is 2.34. The number of ether oxygens (including phenoxy) is 2. The van der Waals surface area contributed by atoms with Crippen molar-refractivity contribution < 1.29 is 27.8 Å². The van der Waals surface area contributed by atoms with E-state index in [0.717, 1.165) is 5.56 Å². The van der Waals surface area contributed by atoms with E-state index in [1.165, 1.54) is 17.3 Å². The molecule has 1 aliphatic heterocycles. The Balaban J connectivity index is 2.07. The highest BCUT2D eigenvalue weighted by Crippen LogP contribution is 2.34. The molecule has 1 N–H and O–H groups in total. The van der Waals surface area contributed by atoms with Crippen LogP contribution < -0.4 is 9.47 Å². The molecule has 1 heterocycles. The Morgan fingerprint density at radius 3 is 2.57 bits per heavy atom. The molecule has 0 radical (unpaired) electrons. The first-order chi connectivity index (χ1) is 16.6. The Hall–Kier alpha value is -3.06. The number of hydrogen-bond donors (Lipinski definition) is 1. The fourth-order valence-corrected chi connectivity index (χ4v) is 5.59. The Kier molecular flexibility index (Phi) is 8.43. The van der Waals surface area contributed by atoms with E-state index in [1.54, 1.807) is 38.1 Å². The van der Waals surface area contributed by atoms with Crippen molar-refractivity contribution in [3.63, 3.8) is 0 Å². The molecule has 9 heteroatoms. The molecule has 0 unspecified atom stereocenters. The average Bonchev–Trinajstić information content (AvgIpc) is 2.84. The van der Waals surface area contributed by atoms with Crippen LogP contribution in [-0.4, -0.2) is 74.6 Å². The lowest BCUT2D eigenvalue weighted by molar-refractivity contribution is -0.129. The molecule has 0 bridgehead atoms. The summed E-state index contributed by atoms with van der Waals surface area (Å²) in [4.78, 5) is 13.4. The van der Waals surface area contributed by atoms with Gasteiger partial charge in [-0.25, -0.2) is 8.42 Å². The van der Waals surface area contributed by atoms with Crippen molar-refractivity contribution >= 4 is 15.9 Å². The third-order valence-corrected chi connectivity index (χ3v) is 8.10. The summed E-state index contributed by atoms with van der Waals surface area (Å²) in [5.74, 6) is 6.62. The number of hydrogen-bond acceptors (Lipinski definition) is 6. The van der Waals surface area contributed by atoms with E-state index in [1.807, 2.05) is 31.2 Å². The number of likely N-dealkylation sites (N-methyl/N-ethyl adjacent to an activating group) is 1. The number of rotatable bonds is 5. The average molecular weight is 501 g/mol. The van der Waals surface area contributed by atoms with Gasteiger partial charge in [0.1, 0.15) is 22.5 Å². The number of nitrogens with zero attached hydrogens (tertiary/aromatic N) is 2. The third kappa shape index (κ3) is 6.14. The van der Waals surface area contributed by atoms with E-state index in [9.17, 15) is 18.3 Å². The van der Waals surface area contributed by atoms with Gasteiger partial charge in [0, 0.05) is 43.6 Å². The minimum atomic E-state index is -3.94. The molecule has 0 spiro atoms. The Labute approximate surface area is 207 Å². The van der Waals surface area contributed by atoms with Crippen LogP contribution in [0.5, 0.6) is 11.5 Å². The first-order valence-electron chi connectivity index (χ1n) is 11.4. The van der Waals surface area contributed by atoms with E-state index in [4.69, 9.17) is 9.47 Å². The number of benzene rings is 2. The van der Waals surface area contributed by atoms with Gasteiger partial charge in [-0.15, -0.1) is 0 Å². The maximum absolute atomic E-state index is 13.5. The van der Waals surface area contributed by atoms with Crippen LogP contribution in [0.4, 0.5) is 0 Å². The number of carbonyl (C=O) groups excluding carboxylic acids is 1. The van der Waals surface area contributed by atoms with Crippen LogP contribution in [0.1, 0.15) is 31.9 Å². The fraction of sp³-hybridized carbons (Fsp3) is 0.423. The van der Waals surface area contributed by atoms with Crippen LogP contribution in [0, 0.1) is 17.8 Å². The molecule has 0 fully saturated rings. The normalized spacial score (nSPS) is 20.2. The number of amides is 1. The second-order valence-electron chi connectivity index (χ2n) is 8.78. The minimum absolute atomic E-state index is 0.00658. The monoisotopic (exact) mass is 500 g/mol. The van der Waals surface area contributed by atoms with Crippen LogP contribution in [-0.2, 0) is 14.8 Å². The zero-order chi connectivity index (χ0) is 25.8. The quantitative estimate of drug-likeness (QED) is 0.633. The van der Waals surface area contributed by atoms with Gasteiger partial charge < -0.3 is 19.5 Å². The highest BCUT2D eigenvalue weighted by molar-refractivity contribution is 7.89.